The molecule has 2 heterocycles. The van der Waals surface area contributed by atoms with Crippen LogP contribution < -0.4 is 5.32 Å². The number of halogens is 1. The third-order valence-corrected chi connectivity index (χ3v) is 7.18. The summed E-state index contributed by atoms with van der Waals surface area (Å²) in [4.78, 5) is 52.1. The Morgan fingerprint density at radius 3 is 2.53 bits per heavy atom. The molecule has 0 spiro atoms. The predicted octanol–water partition coefficient (Wildman–Crippen LogP) is 3.25. The van der Waals surface area contributed by atoms with Gasteiger partial charge in [0.25, 0.3) is 5.91 Å². The molecule has 2 aromatic rings. The van der Waals surface area contributed by atoms with Gasteiger partial charge in [-0.2, -0.15) is 0 Å². The summed E-state index contributed by atoms with van der Waals surface area (Å²) in [5.41, 5.74) is 3.43. The summed E-state index contributed by atoms with van der Waals surface area (Å²) < 4.78 is 5.00. The molecule has 0 saturated heterocycles. The number of rotatable bonds is 10. The van der Waals surface area contributed by atoms with Crippen molar-refractivity contribution in [2.24, 2.45) is 0 Å². The predicted molar refractivity (Wildman–Crippen MR) is 132 cm³/mol. The number of nitrogens with zero attached hydrogens (tertiary/aromatic N) is 1. The normalized spacial score (nSPS) is 14.6. The number of ether oxygens (including phenoxy) is 1. The number of Topliss-reactive ketones (excluding diaryl/α,β-unsaturated/α-hetero) is 2. The maximum atomic E-state index is 13.2. The summed E-state index contributed by atoms with van der Waals surface area (Å²) in [6, 6.07) is 8.47. The quantitative estimate of drug-likeness (QED) is 0.394. The van der Waals surface area contributed by atoms with Crippen molar-refractivity contribution in [3.05, 3.63) is 56.2 Å². The number of methoxy groups -OCH3 is 1. The van der Waals surface area contributed by atoms with Gasteiger partial charge < -0.3 is 15.0 Å². The molecule has 0 radical (unpaired) electrons. The Hall–Kier alpha value is -2.55. The van der Waals surface area contributed by atoms with E-state index in [0.29, 0.717) is 9.21 Å². The molecule has 0 saturated carbocycles. The zero-order valence-electron chi connectivity index (χ0n) is 19.4. The number of esters is 1. The van der Waals surface area contributed by atoms with Gasteiger partial charge in [0.1, 0.15) is 12.2 Å². The van der Waals surface area contributed by atoms with Crippen molar-refractivity contribution < 1.29 is 23.9 Å². The molecule has 1 aromatic heterocycles. The topological polar surface area (TPSA) is 92.8 Å². The summed E-state index contributed by atoms with van der Waals surface area (Å²) in [7, 11) is 3.32. The fraction of sp³-hybridized carbons (Fsp3) is 0.440. The van der Waals surface area contributed by atoms with Gasteiger partial charge in [0.15, 0.2) is 5.78 Å². The van der Waals surface area contributed by atoms with E-state index in [0.717, 1.165) is 42.8 Å². The smallest absolute Gasteiger partial charge is 0.313 e. The van der Waals surface area contributed by atoms with E-state index in [1.807, 2.05) is 6.07 Å². The number of carbonyl (C=O) groups is 4. The third-order valence-electron chi connectivity index (χ3n) is 5.95. The minimum atomic E-state index is -0.861. The average Bonchev–Trinajstić information content (AvgIpc) is 3.16. The van der Waals surface area contributed by atoms with Gasteiger partial charge >= 0.3 is 5.97 Å². The van der Waals surface area contributed by atoms with Crippen LogP contribution in [0.4, 0.5) is 0 Å². The largest absolute Gasteiger partial charge is 0.469 e. The minimum absolute atomic E-state index is 0.0203. The monoisotopic (exact) mass is 504 g/mol. The second-order valence-corrected chi connectivity index (χ2v) is 10.2. The Balaban J connectivity index is 1.70. The molecule has 9 heteroatoms. The number of thiophene rings is 1. The summed E-state index contributed by atoms with van der Waals surface area (Å²) in [5.74, 6) is -1.57. The van der Waals surface area contributed by atoms with Crippen LogP contribution in [-0.2, 0) is 38.4 Å². The van der Waals surface area contributed by atoms with E-state index in [1.165, 1.54) is 18.2 Å². The molecule has 1 atom stereocenters. The van der Waals surface area contributed by atoms with Crippen LogP contribution in [0, 0.1) is 0 Å². The third kappa shape index (κ3) is 7.48. The first kappa shape index (κ1) is 26.1. The Bertz CT molecular complexity index is 1070. The van der Waals surface area contributed by atoms with Crippen LogP contribution in [0.5, 0.6) is 0 Å². The van der Waals surface area contributed by atoms with Crippen molar-refractivity contribution >= 4 is 46.4 Å². The number of nitrogens with one attached hydrogen (secondary N) is 1. The van der Waals surface area contributed by atoms with Crippen LogP contribution >= 0.6 is 22.9 Å². The molecule has 1 N–H and O–H groups in total. The average molecular weight is 505 g/mol. The van der Waals surface area contributed by atoms with Gasteiger partial charge in [-0.25, -0.2) is 0 Å². The minimum Gasteiger partial charge on any atom is -0.469 e. The second-order valence-electron chi connectivity index (χ2n) is 8.51. The van der Waals surface area contributed by atoms with Crippen molar-refractivity contribution in [1.29, 1.82) is 0 Å². The molecular formula is C25H29ClN2O5S. The Morgan fingerprint density at radius 1 is 1.12 bits per heavy atom. The molecule has 1 amide bonds. The first-order valence-electron chi connectivity index (χ1n) is 11.2. The van der Waals surface area contributed by atoms with Crippen molar-refractivity contribution in [3.8, 4) is 0 Å². The van der Waals surface area contributed by atoms with E-state index >= 15 is 0 Å². The number of ketones is 2. The summed E-state index contributed by atoms with van der Waals surface area (Å²) in [6.07, 6.45) is 1.78. The molecule has 3 rings (SSSR count). The van der Waals surface area contributed by atoms with Crippen LogP contribution in [0.15, 0.2) is 30.3 Å². The maximum Gasteiger partial charge on any atom is 0.313 e. The van der Waals surface area contributed by atoms with Crippen LogP contribution in [0.1, 0.15) is 45.6 Å². The Kier molecular flexibility index (Phi) is 9.38. The highest BCUT2D eigenvalue weighted by molar-refractivity contribution is 7.18. The fourth-order valence-corrected chi connectivity index (χ4v) is 4.88. The number of amides is 1. The first-order valence-corrected chi connectivity index (χ1v) is 12.4. The van der Waals surface area contributed by atoms with Gasteiger partial charge in [0.2, 0.25) is 0 Å². The highest BCUT2D eigenvalue weighted by atomic mass is 35.5. The van der Waals surface area contributed by atoms with Crippen LogP contribution in [0.25, 0.3) is 0 Å². The van der Waals surface area contributed by atoms with Crippen LogP contribution in [0.2, 0.25) is 4.34 Å². The molecular weight excluding hydrogens is 476 g/mol. The number of likely N-dealkylation sites (N-methyl/N-ethyl adjacent to an activating group) is 1. The van der Waals surface area contributed by atoms with Gasteiger partial charge in [-0.1, -0.05) is 29.8 Å². The lowest BCUT2D eigenvalue weighted by Crippen LogP contribution is -2.41. The fourth-order valence-electron chi connectivity index (χ4n) is 3.93. The Labute approximate surface area is 208 Å². The molecule has 0 bridgehead atoms. The van der Waals surface area contributed by atoms with E-state index in [2.05, 4.69) is 34.1 Å². The highest BCUT2D eigenvalue weighted by Crippen LogP contribution is 2.22. The molecule has 34 heavy (non-hydrogen) atoms. The number of hydrogen-bond acceptors (Lipinski definition) is 7. The number of fused-ring (bicyclic) bond motifs is 1. The molecule has 0 fully saturated rings. The molecule has 0 aliphatic carbocycles. The summed E-state index contributed by atoms with van der Waals surface area (Å²) in [5, 5.41) is 2.76. The van der Waals surface area contributed by atoms with E-state index in [-0.39, 0.29) is 37.2 Å². The van der Waals surface area contributed by atoms with Gasteiger partial charge in [0, 0.05) is 25.9 Å². The standard InChI is InChI=1S/C25H29ClN2O5S/c1-28-11-9-17-4-3-16(13-18(17)10-12-28)14-21(30)20(6-5-19(29)15-24(31)33-2)27-25(32)22-7-8-23(26)34-22/h3-4,7-8,13,20H,5-6,9-12,14-15H2,1-2H3,(H,27,32)/t20-/m1/s1. The SMILES string of the molecule is COC(=O)CC(=O)CC[C@@H](NC(=O)c1ccc(Cl)s1)C(=O)Cc1ccc2c(c1)CCN(C)CC2. The lowest BCUT2D eigenvalue weighted by molar-refractivity contribution is -0.143. The van der Waals surface area contributed by atoms with Gasteiger partial charge in [-0.3, -0.25) is 19.2 Å². The second kappa shape index (κ2) is 12.2. The van der Waals surface area contributed by atoms with Crippen molar-refractivity contribution in [2.45, 2.75) is 44.6 Å². The highest BCUT2D eigenvalue weighted by Gasteiger charge is 2.24. The zero-order chi connectivity index (χ0) is 24.7. The molecule has 182 valence electrons. The van der Waals surface area contributed by atoms with E-state index < -0.39 is 17.9 Å². The van der Waals surface area contributed by atoms with Crippen LogP contribution in [-0.4, -0.2) is 61.6 Å². The number of carbonyl (C=O) groups excluding carboxylic acids is 4. The molecule has 7 nitrogen and oxygen atoms in total. The van der Waals surface area contributed by atoms with Crippen molar-refractivity contribution in [1.82, 2.24) is 10.2 Å². The number of benzene rings is 1. The maximum absolute atomic E-state index is 13.2. The van der Waals surface area contributed by atoms with E-state index in [4.69, 9.17) is 11.6 Å². The lowest BCUT2D eigenvalue weighted by atomic mass is 9.94. The van der Waals surface area contributed by atoms with Gasteiger partial charge in [0.05, 0.1) is 22.4 Å². The van der Waals surface area contributed by atoms with Crippen molar-refractivity contribution in [2.75, 3.05) is 27.2 Å². The summed E-state index contributed by atoms with van der Waals surface area (Å²) >= 11 is 7.05. The summed E-state index contributed by atoms with van der Waals surface area (Å²) in [6.45, 7) is 1.97. The molecule has 0 unspecified atom stereocenters. The van der Waals surface area contributed by atoms with Gasteiger partial charge in [-0.05, 0) is 55.1 Å². The number of hydrogen-bond donors (Lipinski definition) is 1. The van der Waals surface area contributed by atoms with Gasteiger partial charge in [-0.15, -0.1) is 11.3 Å². The lowest BCUT2D eigenvalue weighted by Gasteiger charge is -2.18. The molecule has 1 aliphatic heterocycles. The zero-order valence-corrected chi connectivity index (χ0v) is 21.0. The molecule has 1 aliphatic rings. The van der Waals surface area contributed by atoms with Crippen molar-refractivity contribution in [3.63, 3.8) is 0 Å². The Morgan fingerprint density at radius 2 is 1.85 bits per heavy atom. The van der Waals surface area contributed by atoms with E-state index in [9.17, 15) is 19.2 Å². The molecule has 1 aromatic carbocycles. The van der Waals surface area contributed by atoms with Crippen LogP contribution in [0.3, 0.4) is 0 Å². The first-order chi connectivity index (χ1) is 16.2. The van der Waals surface area contributed by atoms with E-state index in [1.54, 1.807) is 12.1 Å².